The van der Waals surface area contributed by atoms with E-state index in [0.717, 1.165) is 17.7 Å². The average molecular weight is 327 g/mol. The summed E-state index contributed by atoms with van der Waals surface area (Å²) in [6.07, 6.45) is 2.42. The highest BCUT2D eigenvalue weighted by Gasteiger charge is 2.19. The van der Waals surface area contributed by atoms with Gasteiger partial charge in [-0.3, -0.25) is 0 Å². The lowest BCUT2D eigenvalue weighted by molar-refractivity contribution is 0.249. The van der Waals surface area contributed by atoms with E-state index in [1.807, 2.05) is 0 Å². The van der Waals surface area contributed by atoms with Crippen molar-refractivity contribution in [3.63, 3.8) is 0 Å². The summed E-state index contributed by atoms with van der Waals surface area (Å²) < 4.78 is 6.12. The van der Waals surface area contributed by atoms with Gasteiger partial charge in [-0.2, -0.15) is 0 Å². The number of aryl methyl sites for hydroxylation is 1. The predicted molar refractivity (Wildman–Crippen MR) is 87.6 cm³/mol. The second-order valence-electron chi connectivity index (χ2n) is 6.37. The lowest BCUT2D eigenvalue weighted by Crippen LogP contribution is -2.17. The summed E-state index contributed by atoms with van der Waals surface area (Å²) in [5.74, 6) is 1.65. The highest BCUT2D eigenvalue weighted by atomic mass is 79.9. The highest BCUT2D eigenvalue weighted by Crippen LogP contribution is 2.32. The normalized spacial score (nSPS) is 13.4. The van der Waals surface area contributed by atoms with Gasteiger partial charge in [0.05, 0.1) is 6.61 Å². The molecule has 1 unspecified atom stereocenters. The Morgan fingerprint density at radius 1 is 1.26 bits per heavy atom. The van der Waals surface area contributed by atoms with Crippen molar-refractivity contribution in [1.82, 2.24) is 0 Å². The second-order valence-corrected chi connectivity index (χ2v) is 7.02. The standard InChI is InChI=1S/C17H27BrO/c1-6-7-14(11-18)12-19-16-10-13(2)8-9-15(16)17(3,4)5/h8-10,14H,6-7,11-12H2,1-5H3. The molecular formula is C17H27BrO. The minimum absolute atomic E-state index is 0.123. The van der Waals surface area contributed by atoms with E-state index >= 15 is 0 Å². The van der Waals surface area contributed by atoms with E-state index in [9.17, 15) is 0 Å². The summed E-state index contributed by atoms with van der Waals surface area (Å²) in [5, 5.41) is 1.01. The molecule has 1 aromatic carbocycles. The first kappa shape index (κ1) is 16.6. The quantitative estimate of drug-likeness (QED) is 0.628. The molecule has 0 heterocycles. The van der Waals surface area contributed by atoms with Crippen LogP contribution in [0.2, 0.25) is 0 Å². The Hall–Kier alpha value is -0.500. The third-order valence-corrected chi connectivity index (χ3v) is 4.25. The third kappa shape index (κ3) is 5.18. The van der Waals surface area contributed by atoms with E-state index in [1.165, 1.54) is 24.0 Å². The van der Waals surface area contributed by atoms with Crippen LogP contribution in [-0.4, -0.2) is 11.9 Å². The Kier molecular flexibility index (Phi) is 6.38. The molecule has 19 heavy (non-hydrogen) atoms. The summed E-state index contributed by atoms with van der Waals surface area (Å²) in [6, 6.07) is 6.53. The molecule has 0 aliphatic heterocycles. The van der Waals surface area contributed by atoms with Gasteiger partial charge >= 0.3 is 0 Å². The molecule has 1 nitrogen and oxygen atoms in total. The van der Waals surface area contributed by atoms with Crippen molar-refractivity contribution in [1.29, 1.82) is 0 Å². The van der Waals surface area contributed by atoms with Crippen molar-refractivity contribution in [3.05, 3.63) is 29.3 Å². The number of hydrogen-bond acceptors (Lipinski definition) is 1. The van der Waals surface area contributed by atoms with Gasteiger partial charge in [0.25, 0.3) is 0 Å². The second kappa shape index (κ2) is 7.33. The van der Waals surface area contributed by atoms with Gasteiger partial charge in [0.1, 0.15) is 5.75 Å². The van der Waals surface area contributed by atoms with Crippen LogP contribution in [0.1, 0.15) is 51.7 Å². The van der Waals surface area contributed by atoms with Gasteiger partial charge in [-0.25, -0.2) is 0 Å². The highest BCUT2D eigenvalue weighted by molar-refractivity contribution is 9.09. The van der Waals surface area contributed by atoms with Crippen LogP contribution in [0.4, 0.5) is 0 Å². The molecule has 1 atom stereocenters. The maximum Gasteiger partial charge on any atom is 0.123 e. The first-order chi connectivity index (χ1) is 8.88. The van der Waals surface area contributed by atoms with E-state index < -0.39 is 0 Å². The maximum absolute atomic E-state index is 6.12. The largest absolute Gasteiger partial charge is 0.493 e. The summed E-state index contributed by atoms with van der Waals surface area (Å²) in [7, 11) is 0. The zero-order valence-corrected chi connectivity index (χ0v) is 14.5. The molecule has 0 fully saturated rings. The summed E-state index contributed by atoms with van der Waals surface area (Å²) in [6.45, 7) is 11.8. The van der Waals surface area contributed by atoms with Crippen LogP contribution in [0.3, 0.4) is 0 Å². The fraction of sp³-hybridized carbons (Fsp3) is 0.647. The van der Waals surface area contributed by atoms with Gasteiger partial charge in [-0.05, 0) is 36.0 Å². The van der Waals surface area contributed by atoms with Crippen LogP contribution in [-0.2, 0) is 5.41 Å². The van der Waals surface area contributed by atoms with Gasteiger partial charge in [0.2, 0.25) is 0 Å². The van der Waals surface area contributed by atoms with E-state index in [0.29, 0.717) is 5.92 Å². The van der Waals surface area contributed by atoms with E-state index in [1.54, 1.807) is 0 Å². The van der Waals surface area contributed by atoms with Crippen LogP contribution < -0.4 is 4.74 Å². The number of benzene rings is 1. The van der Waals surface area contributed by atoms with Gasteiger partial charge in [0, 0.05) is 11.2 Å². The summed E-state index contributed by atoms with van der Waals surface area (Å²) in [4.78, 5) is 0. The van der Waals surface area contributed by atoms with Gasteiger partial charge in [-0.15, -0.1) is 0 Å². The molecule has 0 saturated heterocycles. The smallest absolute Gasteiger partial charge is 0.123 e. The number of hydrogen-bond donors (Lipinski definition) is 0. The van der Waals surface area contributed by atoms with Crippen molar-refractivity contribution < 1.29 is 4.74 Å². The van der Waals surface area contributed by atoms with Crippen LogP contribution in [0, 0.1) is 12.8 Å². The zero-order valence-electron chi connectivity index (χ0n) is 12.9. The van der Waals surface area contributed by atoms with Crippen molar-refractivity contribution in [2.24, 2.45) is 5.92 Å². The Morgan fingerprint density at radius 2 is 1.95 bits per heavy atom. The lowest BCUT2D eigenvalue weighted by atomic mass is 9.86. The molecule has 0 N–H and O–H groups in total. The molecule has 0 saturated carbocycles. The Morgan fingerprint density at radius 3 is 2.47 bits per heavy atom. The summed E-state index contributed by atoms with van der Waals surface area (Å²) >= 11 is 3.58. The predicted octanol–water partition coefficient (Wildman–Crippen LogP) is 5.48. The fourth-order valence-corrected chi connectivity index (χ4v) is 2.70. The van der Waals surface area contributed by atoms with Crippen LogP contribution in [0.25, 0.3) is 0 Å². The average Bonchev–Trinajstić information content (AvgIpc) is 2.33. The molecule has 0 radical (unpaired) electrons. The van der Waals surface area contributed by atoms with Crippen LogP contribution >= 0.6 is 15.9 Å². The molecule has 0 bridgehead atoms. The third-order valence-electron chi connectivity index (χ3n) is 3.33. The molecule has 0 amide bonds. The Bertz CT molecular complexity index is 393. The van der Waals surface area contributed by atoms with Crippen LogP contribution in [0.5, 0.6) is 5.75 Å². The number of ether oxygens (including phenoxy) is 1. The molecule has 108 valence electrons. The summed E-state index contributed by atoms with van der Waals surface area (Å²) in [5.41, 5.74) is 2.68. The molecule has 0 spiro atoms. The number of rotatable bonds is 6. The monoisotopic (exact) mass is 326 g/mol. The Balaban J connectivity index is 2.84. The van der Waals surface area contributed by atoms with E-state index in [4.69, 9.17) is 4.74 Å². The van der Waals surface area contributed by atoms with Crippen molar-refractivity contribution in [3.8, 4) is 5.75 Å². The topological polar surface area (TPSA) is 9.23 Å². The molecule has 2 heteroatoms. The molecule has 0 aliphatic carbocycles. The fourth-order valence-electron chi connectivity index (χ4n) is 2.19. The first-order valence-electron chi connectivity index (χ1n) is 7.18. The van der Waals surface area contributed by atoms with Crippen molar-refractivity contribution in [2.45, 2.75) is 52.9 Å². The van der Waals surface area contributed by atoms with E-state index in [-0.39, 0.29) is 5.41 Å². The van der Waals surface area contributed by atoms with Crippen molar-refractivity contribution in [2.75, 3.05) is 11.9 Å². The number of alkyl halides is 1. The first-order valence-corrected chi connectivity index (χ1v) is 8.30. The van der Waals surface area contributed by atoms with Gasteiger partial charge in [-0.1, -0.05) is 62.2 Å². The SMILES string of the molecule is CCCC(CBr)COc1cc(C)ccc1C(C)(C)C. The molecule has 0 aliphatic rings. The van der Waals surface area contributed by atoms with Gasteiger partial charge in [0.15, 0.2) is 0 Å². The number of halogens is 1. The Labute approximate surface area is 126 Å². The molecule has 1 rings (SSSR count). The minimum Gasteiger partial charge on any atom is -0.493 e. The van der Waals surface area contributed by atoms with E-state index in [2.05, 4.69) is 68.7 Å². The molecule has 1 aromatic rings. The zero-order chi connectivity index (χ0) is 14.5. The van der Waals surface area contributed by atoms with Crippen LogP contribution in [0.15, 0.2) is 18.2 Å². The minimum atomic E-state index is 0.123. The van der Waals surface area contributed by atoms with Gasteiger partial charge < -0.3 is 4.74 Å². The molecular weight excluding hydrogens is 300 g/mol. The lowest BCUT2D eigenvalue weighted by Gasteiger charge is -2.24. The van der Waals surface area contributed by atoms with Crippen molar-refractivity contribution >= 4 is 15.9 Å². The molecule has 0 aromatic heterocycles. The maximum atomic E-state index is 6.12.